The van der Waals surface area contributed by atoms with Crippen LogP contribution in [-0.2, 0) is 9.53 Å². The summed E-state index contributed by atoms with van der Waals surface area (Å²) in [7, 11) is 0. The number of nitrogens with zero attached hydrogens (tertiary/aromatic N) is 1. The molecule has 1 aliphatic carbocycles. The van der Waals surface area contributed by atoms with Crippen LogP contribution in [0.25, 0.3) is 0 Å². The zero-order valence-corrected chi connectivity index (χ0v) is 11.2. The molecule has 102 valence electrons. The molecule has 0 aromatic rings. The Hall–Kier alpha value is -1.26. The first-order chi connectivity index (χ1) is 8.24. The van der Waals surface area contributed by atoms with Gasteiger partial charge in [0.25, 0.3) is 0 Å². The second-order valence-corrected chi connectivity index (χ2v) is 6.41. The van der Waals surface area contributed by atoms with E-state index in [0.29, 0.717) is 19.5 Å². The lowest BCUT2D eigenvalue weighted by Crippen LogP contribution is -2.39. The normalized spacial score (nSPS) is 31.3. The summed E-state index contributed by atoms with van der Waals surface area (Å²) in [5.74, 6) is -0.682. The van der Waals surface area contributed by atoms with E-state index in [4.69, 9.17) is 4.74 Å². The summed E-state index contributed by atoms with van der Waals surface area (Å²) >= 11 is 0. The molecule has 2 rings (SSSR count). The first-order valence-corrected chi connectivity index (χ1v) is 6.46. The second-order valence-electron chi connectivity index (χ2n) is 6.41. The zero-order chi connectivity index (χ0) is 13.6. The van der Waals surface area contributed by atoms with Gasteiger partial charge in [0.1, 0.15) is 5.60 Å². The number of likely N-dealkylation sites (tertiary alicyclic amines) is 1. The van der Waals surface area contributed by atoms with Gasteiger partial charge in [-0.05, 0) is 39.5 Å². The van der Waals surface area contributed by atoms with Gasteiger partial charge in [-0.2, -0.15) is 0 Å². The van der Waals surface area contributed by atoms with Gasteiger partial charge in [0.05, 0.1) is 5.41 Å². The minimum Gasteiger partial charge on any atom is -0.481 e. The monoisotopic (exact) mass is 255 g/mol. The maximum atomic E-state index is 12.0. The van der Waals surface area contributed by atoms with Crippen molar-refractivity contribution in [2.24, 2.45) is 11.3 Å². The van der Waals surface area contributed by atoms with E-state index in [9.17, 15) is 14.7 Å². The molecule has 0 aromatic heterocycles. The smallest absolute Gasteiger partial charge is 0.410 e. The van der Waals surface area contributed by atoms with Crippen LogP contribution in [0.3, 0.4) is 0 Å². The summed E-state index contributed by atoms with van der Waals surface area (Å²) in [4.78, 5) is 25.0. The van der Waals surface area contributed by atoms with Gasteiger partial charge < -0.3 is 14.7 Å². The average Bonchev–Trinajstić information content (AvgIpc) is 2.69. The first-order valence-electron chi connectivity index (χ1n) is 6.46. The van der Waals surface area contributed by atoms with Gasteiger partial charge in [0.2, 0.25) is 0 Å². The number of carbonyl (C=O) groups excluding carboxylic acids is 1. The van der Waals surface area contributed by atoms with Crippen molar-refractivity contribution in [3.63, 3.8) is 0 Å². The molecule has 0 radical (unpaired) electrons. The molecular weight excluding hydrogens is 234 g/mol. The summed E-state index contributed by atoms with van der Waals surface area (Å²) in [6.07, 6.45) is 2.12. The summed E-state index contributed by atoms with van der Waals surface area (Å²) in [5, 5.41) is 9.43. The molecule has 0 spiro atoms. The van der Waals surface area contributed by atoms with E-state index >= 15 is 0 Å². The van der Waals surface area contributed by atoms with Crippen LogP contribution in [0.4, 0.5) is 4.79 Å². The van der Waals surface area contributed by atoms with Crippen LogP contribution in [0, 0.1) is 11.3 Å². The lowest BCUT2D eigenvalue weighted by molar-refractivity contribution is -0.149. The van der Waals surface area contributed by atoms with Gasteiger partial charge in [-0.15, -0.1) is 0 Å². The van der Waals surface area contributed by atoms with Gasteiger partial charge in [-0.3, -0.25) is 4.79 Å². The number of hydrogen-bond acceptors (Lipinski definition) is 3. The van der Waals surface area contributed by atoms with E-state index in [0.717, 1.165) is 12.8 Å². The van der Waals surface area contributed by atoms with Gasteiger partial charge >= 0.3 is 12.1 Å². The van der Waals surface area contributed by atoms with E-state index in [1.165, 1.54) is 0 Å². The molecule has 0 aromatic carbocycles. The fourth-order valence-corrected chi connectivity index (χ4v) is 3.10. The molecule has 1 N–H and O–H groups in total. The fraction of sp³-hybridized carbons (Fsp3) is 0.846. The van der Waals surface area contributed by atoms with Crippen LogP contribution in [0.15, 0.2) is 0 Å². The molecule has 5 nitrogen and oxygen atoms in total. The zero-order valence-electron chi connectivity index (χ0n) is 11.2. The largest absolute Gasteiger partial charge is 0.481 e. The number of fused-ring (bicyclic) bond motifs is 1. The lowest BCUT2D eigenvalue weighted by Gasteiger charge is -2.26. The van der Waals surface area contributed by atoms with Crippen molar-refractivity contribution >= 4 is 12.1 Å². The van der Waals surface area contributed by atoms with Crippen molar-refractivity contribution in [3.8, 4) is 0 Å². The van der Waals surface area contributed by atoms with Crippen molar-refractivity contribution in [1.29, 1.82) is 0 Å². The molecule has 2 fully saturated rings. The summed E-state index contributed by atoms with van der Waals surface area (Å²) in [6.45, 7) is 6.25. The molecule has 2 aliphatic rings. The third kappa shape index (κ3) is 2.18. The van der Waals surface area contributed by atoms with Gasteiger partial charge in [-0.1, -0.05) is 6.42 Å². The van der Waals surface area contributed by atoms with Crippen LogP contribution in [0.1, 0.15) is 40.0 Å². The fourth-order valence-electron chi connectivity index (χ4n) is 3.10. The van der Waals surface area contributed by atoms with E-state index in [1.54, 1.807) is 4.90 Å². The standard InChI is InChI=1S/C13H21NO4/c1-12(2,3)18-11(17)14-7-9-5-4-6-13(9,8-14)10(15)16/h9H,4-8H2,1-3H3,(H,15,16)/t9-,13+/m1/s1. The van der Waals surface area contributed by atoms with Crippen molar-refractivity contribution in [2.75, 3.05) is 13.1 Å². The van der Waals surface area contributed by atoms with Crippen LogP contribution in [0.2, 0.25) is 0 Å². The van der Waals surface area contributed by atoms with Crippen molar-refractivity contribution in [1.82, 2.24) is 4.90 Å². The Bertz CT molecular complexity index is 374. The van der Waals surface area contributed by atoms with E-state index in [-0.39, 0.29) is 5.92 Å². The molecule has 1 saturated heterocycles. The Morgan fingerprint density at radius 3 is 2.56 bits per heavy atom. The number of aliphatic carboxylic acids is 1. The van der Waals surface area contributed by atoms with E-state index in [2.05, 4.69) is 0 Å². The SMILES string of the molecule is CC(C)(C)OC(=O)N1C[C@H]2CCC[C@]2(C(=O)O)C1. The number of hydrogen-bond donors (Lipinski definition) is 1. The first kappa shape index (κ1) is 13.2. The number of carboxylic acids is 1. The van der Waals surface area contributed by atoms with E-state index in [1.807, 2.05) is 20.8 Å². The molecular formula is C13H21NO4. The molecule has 0 unspecified atom stereocenters. The minimum absolute atomic E-state index is 0.0857. The van der Waals surface area contributed by atoms with Crippen LogP contribution in [-0.4, -0.2) is 40.8 Å². The Labute approximate surface area is 107 Å². The highest BCUT2D eigenvalue weighted by molar-refractivity contribution is 5.79. The molecule has 1 aliphatic heterocycles. The minimum atomic E-state index is -0.768. The van der Waals surface area contributed by atoms with Gasteiger partial charge in [-0.25, -0.2) is 4.79 Å². The van der Waals surface area contributed by atoms with Crippen LogP contribution < -0.4 is 0 Å². The Morgan fingerprint density at radius 1 is 1.39 bits per heavy atom. The average molecular weight is 255 g/mol. The third-order valence-corrected chi connectivity index (χ3v) is 3.95. The number of amides is 1. The molecule has 0 bridgehead atoms. The molecule has 1 amide bonds. The highest BCUT2D eigenvalue weighted by Gasteiger charge is 2.56. The second kappa shape index (κ2) is 4.14. The Morgan fingerprint density at radius 2 is 2.06 bits per heavy atom. The van der Waals surface area contributed by atoms with Gasteiger partial charge in [0.15, 0.2) is 0 Å². The van der Waals surface area contributed by atoms with Crippen molar-refractivity contribution in [3.05, 3.63) is 0 Å². The molecule has 1 saturated carbocycles. The molecule has 1 heterocycles. The lowest BCUT2D eigenvalue weighted by atomic mass is 9.81. The predicted octanol–water partition coefficient (Wildman–Crippen LogP) is 2.11. The van der Waals surface area contributed by atoms with Gasteiger partial charge in [0, 0.05) is 13.1 Å². The Kier molecular flexibility index (Phi) is 3.03. The summed E-state index contributed by atoms with van der Waals surface area (Å²) < 4.78 is 5.31. The molecule has 5 heteroatoms. The summed E-state index contributed by atoms with van der Waals surface area (Å²) in [5.41, 5.74) is -1.26. The van der Waals surface area contributed by atoms with Crippen molar-refractivity contribution < 1.29 is 19.4 Å². The van der Waals surface area contributed by atoms with Crippen molar-refractivity contribution in [2.45, 2.75) is 45.6 Å². The van der Waals surface area contributed by atoms with E-state index < -0.39 is 23.1 Å². The maximum Gasteiger partial charge on any atom is 0.410 e. The number of carboxylic acid groups (broad SMARTS) is 1. The molecule has 18 heavy (non-hydrogen) atoms. The quantitative estimate of drug-likeness (QED) is 0.779. The van der Waals surface area contributed by atoms with Crippen LogP contribution >= 0.6 is 0 Å². The third-order valence-electron chi connectivity index (χ3n) is 3.95. The maximum absolute atomic E-state index is 12.0. The highest BCUT2D eigenvalue weighted by Crippen LogP contribution is 2.49. The molecule has 2 atom stereocenters. The highest BCUT2D eigenvalue weighted by atomic mass is 16.6. The predicted molar refractivity (Wildman–Crippen MR) is 65.2 cm³/mol. The number of rotatable bonds is 1. The topological polar surface area (TPSA) is 66.8 Å². The number of ether oxygens (including phenoxy) is 1. The Balaban J connectivity index is 2.08. The van der Waals surface area contributed by atoms with Crippen LogP contribution in [0.5, 0.6) is 0 Å². The number of carbonyl (C=O) groups is 2. The summed E-state index contributed by atoms with van der Waals surface area (Å²) in [6, 6.07) is 0.